The fourth-order valence-corrected chi connectivity index (χ4v) is 3.71. The Bertz CT molecular complexity index is 679. The van der Waals surface area contributed by atoms with Crippen LogP contribution in [0, 0.1) is 6.92 Å². The number of benzene rings is 1. The first-order valence-corrected chi connectivity index (χ1v) is 9.53. The average Bonchev–Trinajstić information content (AvgIpc) is 2.97. The number of halogens is 1. The maximum Gasteiger partial charge on any atom is 0.191 e. The Hall–Kier alpha value is -1.12. The van der Waals surface area contributed by atoms with Crippen molar-refractivity contribution in [1.29, 1.82) is 0 Å². The van der Waals surface area contributed by atoms with Gasteiger partial charge in [0.15, 0.2) is 5.96 Å². The molecule has 1 aromatic carbocycles. The average molecular weight is 486 g/mol. The van der Waals surface area contributed by atoms with Gasteiger partial charge in [0, 0.05) is 42.4 Å². The zero-order valence-electron chi connectivity index (χ0n) is 16.4. The standard InChI is InChI=1S/C20H30N4S.HI/c1-15(12-19-11-6-16(2)25-19)23-20(21-3)22-13-17-7-9-18(10-8-17)14-24(4)5;/h6-11,15H,12-14H2,1-5H3,(H2,21,22,23);1H. The first-order chi connectivity index (χ1) is 12.0. The van der Waals surface area contributed by atoms with Gasteiger partial charge >= 0.3 is 0 Å². The summed E-state index contributed by atoms with van der Waals surface area (Å²) in [5.41, 5.74) is 2.59. The highest BCUT2D eigenvalue weighted by Gasteiger charge is 2.08. The summed E-state index contributed by atoms with van der Waals surface area (Å²) >= 11 is 1.86. The summed E-state index contributed by atoms with van der Waals surface area (Å²) in [5.74, 6) is 0.846. The van der Waals surface area contributed by atoms with E-state index in [-0.39, 0.29) is 24.0 Å². The van der Waals surface area contributed by atoms with Crippen LogP contribution in [0.5, 0.6) is 0 Å². The zero-order chi connectivity index (χ0) is 18.2. The molecule has 0 saturated carbocycles. The summed E-state index contributed by atoms with van der Waals surface area (Å²) in [5, 5.41) is 6.87. The van der Waals surface area contributed by atoms with Gasteiger partial charge in [-0.15, -0.1) is 35.3 Å². The van der Waals surface area contributed by atoms with E-state index in [9.17, 15) is 0 Å². The molecule has 1 atom stereocenters. The molecule has 2 N–H and O–H groups in total. The van der Waals surface area contributed by atoms with Gasteiger partial charge in [-0.1, -0.05) is 24.3 Å². The molecule has 1 unspecified atom stereocenters. The predicted octanol–water partition coefficient (Wildman–Crippen LogP) is 4.03. The molecule has 0 aliphatic carbocycles. The minimum Gasteiger partial charge on any atom is -0.354 e. The van der Waals surface area contributed by atoms with Gasteiger partial charge in [0.1, 0.15) is 0 Å². The second-order valence-electron chi connectivity index (χ2n) is 6.74. The largest absolute Gasteiger partial charge is 0.354 e. The minimum absolute atomic E-state index is 0. The zero-order valence-corrected chi connectivity index (χ0v) is 19.5. The Morgan fingerprint density at radius 1 is 1.12 bits per heavy atom. The molecule has 0 radical (unpaired) electrons. The third kappa shape index (κ3) is 8.05. The monoisotopic (exact) mass is 486 g/mol. The van der Waals surface area contributed by atoms with Crippen LogP contribution < -0.4 is 10.6 Å². The summed E-state index contributed by atoms with van der Waals surface area (Å²) in [6, 6.07) is 13.5. The van der Waals surface area contributed by atoms with Crippen LogP contribution in [-0.2, 0) is 19.5 Å². The maximum atomic E-state index is 4.34. The van der Waals surface area contributed by atoms with Gasteiger partial charge in [0.25, 0.3) is 0 Å². The highest BCUT2D eigenvalue weighted by molar-refractivity contribution is 14.0. The van der Waals surface area contributed by atoms with E-state index in [2.05, 4.69) is 84.9 Å². The number of thiophene rings is 1. The third-order valence-corrected chi connectivity index (χ3v) is 4.91. The van der Waals surface area contributed by atoms with Gasteiger partial charge in [-0.3, -0.25) is 4.99 Å². The van der Waals surface area contributed by atoms with Crippen molar-refractivity contribution in [3.63, 3.8) is 0 Å². The van der Waals surface area contributed by atoms with Gasteiger partial charge in [0.05, 0.1) is 0 Å². The van der Waals surface area contributed by atoms with E-state index in [1.165, 1.54) is 20.9 Å². The Balaban J connectivity index is 0.00000338. The summed E-state index contributed by atoms with van der Waals surface area (Å²) in [7, 11) is 5.99. The molecule has 26 heavy (non-hydrogen) atoms. The summed E-state index contributed by atoms with van der Waals surface area (Å²) in [6.07, 6.45) is 1.01. The molecule has 2 rings (SSSR count). The van der Waals surface area contributed by atoms with Crippen LogP contribution in [0.3, 0.4) is 0 Å². The van der Waals surface area contributed by atoms with Crippen molar-refractivity contribution >= 4 is 41.3 Å². The van der Waals surface area contributed by atoms with Crippen LogP contribution in [-0.4, -0.2) is 38.0 Å². The second-order valence-corrected chi connectivity index (χ2v) is 8.11. The number of rotatable bonds is 7. The lowest BCUT2D eigenvalue weighted by atomic mass is 10.1. The first-order valence-electron chi connectivity index (χ1n) is 8.71. The van der Waals surface area contributed by atoms with Crippen LogP contribution in [0.1, 0.15) is 27.8 Å². The van der Waals surface area contributed by atoms with E-state index < -0.39 is 0 Å². The highest BCUT2D eigenvalue weighted by Crippen LogP contribution is 2.16. The Kier molecular flexibility index (Phi) is 10.2. The molecule has 1 heterocycles. The van der Waals surface area contributed by atoms with E-state index in [1.807, 2.05) is 18.4 Å². The number of aryl methyl sites for hydroxylation is 1. The summed E-state index contributed by atoms with van der Waals surface area (Å²) < 4.78 is 0. The molecule has 6 heteroatoms. The van der Waals surface area contributed by atoms with E-state index in [4.69, 9.17) is 0 Å². The van der Waals surface area contributed by atoms with Crippen molar-refractivity contribution in [3.8, 4) is 0 Å². The minimum atomic E-state index is 0. The Labute approximate surface area is 179 Å². The van der Waals surface area contributed by atoms with Crippen LogP contribution in [0.25, 0.3) is 0 Å². The molecule has 0 amide bonds. The summed E-state index contributed by atoms with van der Waals surface area (Å²) in [6.45, 7) is 6.08. The number of aliphatic imine (C=N–C) groups is 1. The highest BCUT2D eigenvalue weighted by atomic mass is 127. The Morgan fingerprint density at radius 3 is 2.31 bits per heavy atom. The topological polar surface area (TPSA) is 39.7 Å². The van der Waals surface area contributed by atoms with Gasteiger partial charge in [-0.2, -0.15) is 0 Å². The van der Waals surface area contributed by atoms with Crippen LogP contribution in [0.15, 0.2) is 41.4 Å². The molecule has 0 spiro atoms. The normalized spacial score (nSPS) is 12.6. The predicted molar refractivity (Wildman–Crippen MR) is 125 cm³/mol. The molecule has 4 nitrogen and oxygen atoms in total. The van der Waals surface area contributed by atoms with E-state index in [0.29, 0.717) is 6.04 Å². The number of guanidine groups is 1. The van der Waals surface area contributed by atoms with Crippen molar-refractivity contribution < 1.29 is 0 Å². The van der Waals surface area contributed by atoms with E-state index in [0.717, 1.165) is 25.5 Å². The molecular weight excluding hydrogens is 455 g/mol. The maximum absolute atomic E-state index is 4.34. The lowest BCUT2D eigenvalue weighted by molar-refractivity contribution is 0.402. The van der Waals surface area contributed by atoms with Gasteiger partial charge in [-0.25, -0.2) is 0 Å². The Morgan fingerprint density at radius 2 is 1.77 bits per heavy atom. The smallest absolute Gasteiger partial charge is 0.191 e. The third-order valence-electron chi connectivity index (χ3n) is 3.89. The van der Waals surface area contributed by atoms with Gasteiger partial charge in [0.2, 0.25) is 0 Å². The van der Waals surface area contributed by atoms with Crippen molar-refractivity contribution in [1.82, 2.24) is 15.5 Å². The number of nitrogens with zero attached hydrogens (tertiary/aromatic N) is 2. The molecule has 0 aliphatic heterocycles. The van der Waals surface area contributed by atoms with E-state index >= 15 is 0 Å². The van der Waals surface area contributed by atoms with Crippen LogP contribution in [0.4, 0.5) is 0 Å². The fourth-order valence-electron chi connectivity index (χ4n) is 2.69. The van der Waals surface area contributed by atoms with Crippen molar-refractivity contribution in [2.24, 2.45) is 4.99 Å². The van der Waals surface area contributed by atoms with Crippen molar-refractivity contribution in [3.05, 3.63) is 57.3 Å². The number of hydrogen-bond donors (Lipinski definition) is 2. The SMILES string of the molecule is CN=C(NCc1ccc(CN(C)C)cc1)NC(C)Cc1ccc(C)s1.I. The molecule has 0 fully saturated rings. The molecular formula is C20H31IN4S. The van der Waals surface area contributed by atoms with Gasteiger partial charge in [-0.05, 0) is 51.2 Å². The first kappa shape index (κ1) is 22.9. The van der Waals surface area contributed by atoms with Crippen LogP contribution >= 0.6 is 35.3 Å². The number of hydrogen-bond acceptors (Lipinski definition) is 3. The molecule has 144 valence electrons. The van der Waals surface area contributed by atoms with Gasteiger partial charge < -0.3 is 15.5 Å². The molecule has 0 aliphatic rings. The lowest BCUT2D eigenvalue weighted by Gasteiger charge is -2.17. The molecule has 2 aromatic rings. The van der Waals surface area contributed by atoms with Crippen molar-refractivity contribution in [2.75, 3.05) is 21.1 Å². The van der Waals surface area contributed by atoms with Crippen LogP contribution in [0.2, 0.25) is 0 Å². The lowest BCUT2D eigenvalue weighted by Crippen LogP contribution is -2.42. The number of nitrogens with one attached hydrogen (secondary N) is 2. The molecule has 0 bridgehead atoms. The molecule has 0 saturated heterocycles. The molecule has 1 aromatic heterocycles. The van der Waals surface area contributed by atoms with Crippen molar-refractivity contribution in [2.45, 2.75) is 39.4 Å². The fraction of sp³-hybridized carbons (Fsp3) is 0.450. The second kappa shape index (κ2) is 11.6. The summed E-state index contributed by atoms with van der Waals surface area (Å²) in [4.78, 5) is 9.28. The van der Waals surface area contributed by atoms with E-state index in [1.54, 1.807) is 0 Å². The quantitative estimate of drug-likeness (QED) is 0.353.